The normalized spacial score (nSPS) is 17.7. The van der Waals surface area contributed by atoms with E-state index in [4.69, 9.17) is 19.2 Å². The number of benzene rings is 3. The minimum atomic E-state index is -4.74. The molecule has 1 atom stereocenters. The molecular formula is C27H24F3N3O4. The highest BCUT2D eigenvalue weighted by Gasteiger charge is 2.31. The number of imidazole rings is 1. The Kier molecular flexibility index (Phi) is 6.03. The van der Waals surface area contributed by atoms with Crippen molar-refractivity contribution in [1.29, 1.82) is 0 Å². The summed E-state index contributed by atoms with van der Waals surface area (Å²) in [5, 5.41) is 0. The molecule has 4 aromatic rings. The average Bonchev–Trinajstić information content (AvgIpc) is 3.26. The number of halogens is 3. The van der Waals surface area contributed by atoms with Gasteiger partial charge in [-0.2, -0.15) is 0 Å². The van der Waals surface area contributed by atoms with Gasteiger partial charge in [0.05, 0.1) is 24.2 Å². The number of morpholine rings is 1. The second-order valence-electron chi connectivity index (χ2n) is 8.88. The lowest BCUT2D eigenvalue weighted by molar-refractivity contribution is -0.274. The lowest BCUT2D eigenvalue weighted by Crippen LogP contribution is -2.36. The predicted molar refractivity (Wildman–Crippen MR) is 130 cm³/mol. The van der Waals surface area contributed by atoms with Gasteiger partial charge in [-0.25, -0.2) is 4.98 Å². The largest absolute Gasteiger partial charge is 0.573 e. The van der Waals surface area contributed by atoms with E-state index >= 15 is 0 Å². The second kappa shape index (κ2) is 9.51. The van der Waals surface area contributed by atoms with Crippen molar-refractivity contribution in [2.75, 3.05) is 37.8 Å². The average molecular weight is 512 g/mol. The summed E-state index contributed by atoms with van der Waals surface area (Å²) in [5.41, 5.74) is 3.55. The highest BCUT2D eigenvalue weighted by Crippen LogP contribution is 2.37. The molecule has 0 saturated carbocycles. The maximum Gasteiger partial charge on any atom is 0.573 e. The molecule has 192 valence electrons. The van der Waals surface area contributed by atoms with Gasteiger partial charge in [0.2, 0.25) is 0 Å². The predicted octanol–water partition coefficient (Wildman–Crippen LogP) is 5.33. The van der Waals surface area contributed by atoms with Crippen molar-refractivity contribution in [3.63, 3.8) is 0 Å². The summed E-state index contributed by atoms with van der Waals surface area (Å²) in [6.07, 6.45) is -5.19. The number of aromatic nitrogens is 2. The molecule has 1 saturated heterocycles. The van der Waals surface area contributed by atoms with E-state index in [1.807, 2.05) is 41.0 Å². The highest BCUT2D eigenvalue weighted by atomic mass is 19.4. The number of rotatable bonds is 5. The Balaban J connectivity index is 1.37. The molecule has 37 heavy (non-hydrogen) atoms. The summed E-state index contributed by atoms with van der Waals surface area (Å²) in [7, 11) is 0. The van der Waals surface area contributed by atoms with Crippen LogP contribution in [0.1, 0.15) is 17.5 Å². The number of para-hydroxylation sites is 2. The molecule has 0 bridgehead atoms. The van der Waals surface area contributed by atoms with Gasteiger partial charge in [0.15, 0.2) is 23.4 Å². The van der Waals surface area contributed by atoms with E-state index in [1.54, 1.807) is 12.1 Å². The summed E-state index contributed by atoms with van der Waals surface area (Å²) < 4.78 is 61.6. The fraction of sp³-hybridized carbons (Fsp3) is 0.296. The van der Waals surface area contributed by atoms with Gasteiger partial charge in [0.1, 0.15) is 12.4 Å². The minimum Gasteiger partial charge on any atom is -0.485 e. The van der Waals surface area contributed by atoms with Gasteiger partial charge in [0.25, 0.3) is 0 Å². The lowest BCUT2D eigenvalue weighted by Gasteiger charge is -2.29. The first-order valence-corrected chi connectivity index (χ1v) is 12.0. The van der Waals surface area contributed by atoms with E-state index in [2.05, 4.69) is 15.7 Å². The number of nitrogens with zero attached hydrogens (tertiary/aromatic N) is 3. The molecule has 2 aliphatic heterocycles. The van der Waals surface area contributed by atoms with Crippen LogP contribution in [0.5, 0.6) is 17.2 Å². The molecule has 0 aliphatic carbocycles. The van der Waals surface area contributed by atoms with Gasteiger partial charge < -0.3 is 28.4 Å². The van der Waals surface area contributed by atoms with E-state index in [0.29, 0.717) is 37.1 Å². The second-order valence-corrected chi connectivity index (χ2v) is 8.88. The third-order valence-electron chi connectivity index (χ3n) is 6.43. The van der Waals surface area contributed by atoms with Crippen LogP contribution in [0.2, 0.25) is 0 Å². The maximum absolute atomic E-state index is 12.6. The Labute approximate surface area is 210 Å². The van der Waals surface area contributed by atoms with Crippen LogP contribution in [0, 0.1) is 0 Å². The SMILES string of the molecule is FC(F)(F)Oc1ccc(Cn2c(C3COc4ccccc4O3)nc3ccc(N4CCOCC4)cc32)cc1. The van der Waals surface area contributed by atoms with E-state index in [0.717, 1.165) is 35.4 Å². The van der Waals surface area contributed by atoms with E-state index in [9.17, 15) is 13.2 Å². The van der Waals surface area contributed by atoms with E-state index in [1.165, 1.54) is 12.1 Å². The van der Waals surface area contributed by atoms with Crippen LogP contribution in [-0.2, 0) is 11.3 Å². The zero-order chi connectivity index (χ0) is 25.4. The van der Waals surface area contributed by atoms with Crippen LogP contribution in [-0.4, -0.2) is 48.8 Å². The Hall–Kier alpha value is -3.92. The topological polar surface area (TPSA) is 58.0 Å². The minimum absolute atomic E-state index is 0.262. The van der Waals surface area contributed by atoms with Gasteiger partial charge in [-0.3, -0.25) is 0 Å². The van der Waals surface area contributed by atoms with Crippen molar-refractivity contribution in [3.05, 3.63) is 78.1 Å². The monoisotopic (exact) mass is 511 g/mol. The number of alkyl halides is 3. The molecule has 0 N–H and O–H groups in total. The molecule has 10 heteroatoms. The van der Waals surface area contributed by atoms with Gasteiger partial charge in [-0.05, 0) is 48.0 Å². The molecular weight excluding hydrogens is 487 g/mol. The van der Waals surface area contributed by atoms with Crippen LogP contribution < -0.4 is 19.1 Å². The summed E-state index contributed by atoms with van der Waals surface area (Å²) in [6.45, 7) is 3.59. The lowest BCUT2D eigenvalue weighted by atomic mass is 10.2. The molecule has 1 aromatic heterocycles. The van der Waals surface area contributed by atoms with Crippen molar-refractivity contribution >= 4 is 16.7 Å². The number of ether oxygens (including phenoxy) is 4. The van der Waals surface area contributed by atoms with E-state index < -0.39 is 12.5 Å². The molecule has 3 heterocycles. The number of fused-ring (bicyclic) bond motifs is 2. The van der Waals surface area contributed by atoms with Crippen molar-refractivity contribution in [3.8, 4) is 17.2 Å². The summed E-state index contributed by atoms with van der Waals surface area (Å²) in [4.78, 5) is 7.16. The van der Waals surface area contributed by atoms with Crippen LogP contribution >= 0.6 is 0 Å². The van der Waals surface area contributed by atoms with Crippen LogP contribution in [0.3, 0.4) is 0 Å². The molecule has 0 spiro atoms. The standard InChI is InChI=1S/C27H24F3N3O4/c28-27(29,30)37-20-8-5-18(6-9-20)16-33-22-15-19(32-11-13-34-14-12-32)7-10-21(22)31-26(33)25-17-35-23-3-1-2-4-24(23)36-25/h1-10,15,25H,11-14,16-17H2. The van der Waals surface area contributed by atoms with Crippen LogP contribution in [0.25, 0.3) is 11.0 Å². The smallest absolute Gasteiger partial charge is 0.485 e. The number of hydrogen-bond donors (Lipinski definition) is 0. The third kappa shape index (κ3) is 5.01. The molecule has 7 nitrogen and oxygen atoms in total. The van der Waals surface area contributed by atoms with Crippen LogP contribution in [0.15, 0.2) is 66.7 Å². The highest BCUT2D eigenvalue weighted by molar-refractivity contribution is 5.81. The molecule has 2 aliphatic rings. The zero-order valence-electron chi connectivity index (χ0n) is 19.8. The molecule has 3 aromatic carbocycles. The zero-order valence-corrected chi connectivity index (χ0v) is 19.8. The fourth-order valence-corrected chi connectivity index (χ4v) is 4.69. The number of hydrogen-bond acceptors (Lipinski definition) is 6. The van der Waals surface area contributed by atoms with Crippen molar-refractivity contribution in [2.24, 2.45) is 0 Å². The number of anilines is 1. The molecule has 1 unspecified atom stereocenters. The van der Waals surface area contributed by atoms with Gasteiger partial charge in [-0.15, -0.1) is 13.2 Å². The van der Waals surface area contributed by atoms with Gasteiger partial charge in [0, 0.05) is 25.3 Å². The van der Waals surface area contributed by atoms with Crippen molar-refractivity contribution < 1.29 is 32.1 Å². The molecule has 0 amide bonds. The first-order chi connectivity index (χ1) is 17.9. The van der Waals surface area contributed by atoms with Crippen molar-refractivity contribution in [1.82, 2.24) is 9.55 Å². The Bertz CT molecular complexity index is 1400. The van der Waals surface area contributed by atoms with E-state index in [-0.39, 0.29) is 12.4 Å². The molecule has 1 fully saturated rings. The van der Waals surface area contributed by atoms with Gasteiger partial charge >= 0.3 is 6.36 Å². The Morgan fingerprint density at radius 1 is 0.946 bits per heavy atom. The molecule has 0 radical (unpaired) electrons. The Morgan fingerprint density at radius 3 is 2.46 bits per heavy atom. The Morgan fingerprint density at radius 2 is 1.70 bits per heavy atom. The summed E-state index contributed by atoms with van der Waals surface area (Å²) >= 11 is 0. The third-order valence-corrected chi connectivity index (χ3v) is 6.43. The quantitative estimate of drug-likeness (QED) is 0.361. The molecule has 6 rings (SSSR count). The maximum atomic E-state index is 12.6. The van der Waals surface area contributed by atoms with Crippen molar-refractivity contribution in [2.45, 2.75) is 19.0 Å². The summed E-state index contributed by atoms with van der Waals surface area (Å²) in [6, 6.07) is 19.5. The first-order valence-electron chi connectivity index (χ1n) is 12.0. The summed E-state index contributed by atoms with van der Waals surface area (Å²) in [5.74, 6) is 1.73. The fourth-order valence-electron chi connectivity index (χ4n) is 4.69. The van der Waals surface area contributed by atoms with Crippen LogP contribution in [0.4, 0.5) is 18.9 Å². The van der Waals surface area contributed by atoms with Gasteiger partial charge in [-0.1, -0.05) is 24.3 Å². The first kappa shape index (κ1) is 23.5.